The van der Waals surface area contributed by atoms with Gasteiger partial charge < -0.3 is 19.1 Å². The summed E-state index contributed by atoms with van der Waals surface area (Å²) in [5, 5.41) is 0.579. The number of para-hydroxylation sites is 1. The number of fused-ring (bicyclic) bond motifs is 3. The maximum Gasteiger partial charge on any atom is 0.411 e. The van der Waals surface area contributed by atoms with E-state index >= 15 is 0 Å². The van der Waals surface area contributed by atoms with Crippen LogP contribution in [0.3, 0.4) is 0 Å². The van der Waals surface area contributed by atoms with Gasteiger partial charge in [0.15, 0.2) is 0 Å². The topological polar surface area (TPSA) is 51.2 Å². The van der Waals surface area contributed by atoms with Crippen molar-refractivity contribution in [2.24, 2.45) is 5.92 Å². The number of carbonyl (C=O) groups excluding carboxylic acids is 1. The summed E-state index contributed by atoms with van der Waals surface area (Å²) in [5.74, 6) is 2.11. The molecule has 0 radical (unpaired) electrons. The number of morpholine rings is 1. The molecule has 1 aromatic carbocycles. The Balaban J connectivity index is 1.53. The van der Waals surface area contributed by atoms with Crippen molar-refractivity contribution in [1.82, 2.24) is 9.80 Å². The Morgan fingerprint density at radius 3 is 2.77 bits per heavy atom. The molecule has 0 saturated carbocycles. The van der Waals surface area contributed by atoms with Gasteiger partial charge in [-0.15, -0.1) is 0 Å². The third kappa shape index (κ3) is 4.41. The summed E-state index contributed by atoms with van der Waals surface area (Å²) in [6.45, 7) is 9.79. The number of allylic oxidation sites excluding steroid dienone is 4. The molecule has 3 heterocycles. The van der Waals surface area contributed by atoms with Crippen LogP contribution in [0.25, 0.3) is 0 Å². The monoisotopic (exact) mass is 430 g/mol. The summed E-state index contributed by atoms with van der Waals surface area (Å²) in [6, 6.07) is 8.13. The molecule has 1 amide bonds. The fourth-order valence-electron chi connectivity index (χ4n) is 4.39. The minimum Gasteiger partial charge on any atom is -0.461 e. The minimum atomic E-state index is -0.282. The van der Waals surface area contributed by atoms with E-state index in [1.807, 2.05) is 31.2 Å². The van der Waals surface area contributed by atoms with Crippen LogP contribution >= 0.6 is 11.6 Å². The fourth-order valence-corrected chi connectivity index (χ4v) is 4.50. The molecule has 7 heteroatoms. The molecule has 30 heavy (non-hydrogen) atoms. The second-order valence-corrected chi connectivity index (χ2v) is 8.21. The lowest BCUT2D eigenvalue weighted by Crippen LogP contribution is -2.42. The Morgan fingerprint density at radius 2 is 2.00 bits per heavy atom. The van der Waals surface area contributed by atoms with Crippen molar-refractivity contribution in [2.75, 3.05) is 46.1 Å². The Labute approximate surface area is 182 Å². The highest BCUT2D eigenvalue weighted by Crippen LogP contribution is 2.45. The number of rotatable bonds is 4. The van der Waals surface area contributed by atoms with Gasteiger partial charge in [-0.25, -0.2) is 4.79 Å². The van der Waals surface area contributed by atoms with Crippen molar-refractivity contribution in [2.45, 2.75) is 12.8 Å². The maximum atomic E-state index is 12.4. The summed E-state index contributed by atoms with van der Waals surface area (Å²) < 4.78 is 17.1. The van der Waals surface area contributed by atoms with Crippen LogP contribution in [0, 0.1) is 5.92 Å². The number of hydrogen-bond acceptors (Lipinski definition) is 5. The molecule has 0 N–H and O–H groups in total. The van der Waals surface area contributed by atoms with E-state index < -0.39 is 0 Å². The van der Waals surface area contributed by atoms with Crippen LogP contribution in [0.1, 0.15) is 18.4 Å². The van der Waals surface area contributed by atoms with E-state index in [-0.39, 0.29) is 24.7 Å². The summed E-state index contributed by atoms with van der Waals surface area (Å²) in [7, 11) is 0. The number of nitrogens with zero attached hydrogens (tertiary/aromatic N) is 2. The molecule has 0 aliphatic carbocycles. The molecule has 1 aromatic rings. The highest BCUT2D eigenvalue weighted by atomic mass is 35.5. The third-order valence-electron chi connectivity index (χ3n) is 5.91. The van der Waals surface area contributed by atoms with Gasteiger partial charge >= 0.3 is 6.09 Å². The van der Waals surface area contributed by atoms with Gasteiger partial charge in [-0.1, -0.05) is 42.5 Å². The minimum absolute atomic E-state index is 0.185. The summed E-state index contributed by atoms with van der Waals surface area (Å²) in [4.78, 5) is 16.3. The van der Waals surface area contributed by atoms with E-state index in [0.29, 0.717) is 31.3 Å². The third-order valence-corrected chi connectivity index (χ3v) is 6.17. The molecule has 4 rings (SSSR count). The number of benzene rings is 1. The molecule has 0 spiro atoms. The normalized spacial score (nSPS) is 24.6. The number of ether oxygens (including phenoxy) is 3. The van der Waals surface area contributed by atoms with Crippen LogP contribution in [0.4, 0.5) is 4.79 Å². The molecular formula is C23H27ClN2O4. The number of carbonyl (C=O) groups is 1. The average molecular weight is 431 g/mol. The zero-order valence-corrected chi connectivity index (χ0v) is 17.9. The van der Waals surface area contributed by atoms with Gasteiger partial charge in [-0.05, 0) is 30.2 Å². The number of amides is 1. The van der Waals surface area contributed by atoms with Crippen molar-refractivity contribution in [3.63, 3.8) is 0 Å². The van der Waals surface area contributed by atoms with E-state index in [9.17, 15) is 4.79 Å². The van der Waals surface area contributed by atoms with Gasteiger partial charge in [-0.3, -0.25) is 4.90 Å². The lowest BCUT2D eigenvalue weighted by molar-refractivity contribution is 0.0103. The summed E-state index contributed by atoms with van der Waals surface area (Å²) in [5.41, 5.74) is 2.23. The number of likely N-dealkylation sites (tertiary alicyclic amines) is 1. The van der Waals surface area contributed by atoms with Crippen LogP contribution in [-0.4, -0.2) is 62.0 Å². The van der Waals surface area contributed by atoms with Crippen molar-refractivity contribution in [3.8, 4) is 5.75 Å². The Morgan fingerprint density at radius 1 is 1.27 bits per heavy atom. The Hall–Kier alpha value is -2.28. The van der Waals surface area contributed by atoms with Crippen LogP contribution in [0.2, 0.25) is 0 Å². The molecule has 0 aromatic heterocycles. The number of hydrogen-bond donors (Lipinski definition) is 0. The van der Waals surface area contributed by atoms with Crippen LogP contribution < -0.4 is 4.74 Å². The second-order valence-electron chi connectivity index (χ2n) is 7.77. The largest absolute Gasteiger partial charge is 0.461 e. The van der Waals surface area contributed by atoms with Crippen molar-refractivity contribution in [1.29, 1.82) is 0 Å². The Bertz CT molecular complexity index is 876. The highest BCUT2D eigenvalue weighted by Gasteiger charge is 2.40. The molecule has 2 saturated heterocycles. The predicted octanol–water partition coefficient (Wildman–Crippen LogP) is 4.10. The van der Waals surface area contributed by atoms with E-state index in [2.05, 4.69) is 17.5 Å². The van der Waals surface area contributed by atoms with E-state index in [1.165, 1.54) is 5.56 Å². The summed E-state index contributed by atoms with van der Waals surface area (Å²) in [6.07, 6.45) is 3.29. The van der Waals surface area contributed by atoms with Crippen molar-refractivity contribution < 1.29 is 19.0 Å². The van der Waals surface area contributed by atoms with E-state index in [1.54, 1.807) is 11.0 Å². The van der Waals surface area contributed by atoms with E-state index in [4.69, 9.17) is 25.8 Å². The van der Waals surface area contributed by atoms with E-state index in [0.717, 1.165) is 30.2 Å². The Kier molecular flexibility index (Phi) is 6.46. The first kappa shape index (κ1) is 21.0. The lowest BCUT2D eigenvalue weighted by atomic mass is 9.83. The van der Waals surface area contributed by atoms with Crippen molar-refractivity contribution >= 4 is 17.7 Å². The van der Waals surface area contributed by atoms with Crippen molar-refractivity contribution in [3.05, 3.63) is 64.9 Å². The van der Waals surface area contributed by atoms with Gasteiger partial charge in [0.05, 0.1) is 13.2 Å². The molecule has 6 nitrogen and oxygen atoms in total. The van der Waals surface area contributed by atoms with Crippen LogP contribution in [0.15, 0.2) is 59.4 Å². The first-order valence-corrected chi connectivity index (χ1v) is 10.6. The standard InChI is InChI=1S/C23H27ClN2O4/c1-3-17(24)12-19-16(2)30-22-7-5-4-6-18(22)20-13-25(14-21(19)20)15-29-23(27)26-8-10-28-11-9-26/h3-7,12,20-21H,1,8-11,13-15H2,2H3/b17-12+. The number of halogens is 1. The summed E-state index contributed by atoms with van der Waals surface area (Å²) >= 11 is 6.30. The molecule has 2 unspecified atom stereocenters. The van der Waals surface area contributed by atoms with Gasteiger partial charge in [0.2, 0.25) is 0 Å². The smallest absolute Gasteiger partial charge is 0.411 e. The highest BCUT2D eigenvalue weighted by molar-refractivity contribution is 6.31. The first-order chi connectivity index (χ1) is 14.6. The predicted molar refractivity (Wildman–Crippen MR) is 115 cm³/mol. The zero-order chi connectivity index (χ0) is 21.1. The molecular weight excluding hydrogens is 404 g/mol. The SMILES string of the molecule is C=C/C(Cl)=C\C1=C(C)Oc2ccccc2C2CN(COC(=O)N3CCOCC3)CC12. The quantitative estimate of drug-likeness (QED) is 0.673. The molecule has 2 atom stereocenters. The lowest BCUT2D eigenvalue weighted by Gasteiger charge is -2.27. The first-order valence-electron chi connectivity index (χ1n) is 10.3. The second kappa shape index (κ2) is 9.25. The van der Waals surface area contributed by atoms with Gasteiger partial charge in [0.25, 0.3) is 0 Å². The molecule has 160 valence electrons. The molecule has 3 aliphatic rings. The molecule has 0 bridgehead atoms. The molecule has 3 aliphatic heterocycles. The van der Waals surface area contributed by atoms with Gasteiger partial charge in [0.1, 0.15) is 18.2 Å². The fraction of sp³-hybridized carbons (Fsp3) is 0.435. The van der Waals surface area contributed by atoms with Gasteiger partial charge in [-0.2, -0.15) is 0 Å². The van der Waals surface area contributed by atoms with Gasteiger partial charge in [0, 0.05) is 43.0 Å². The van der Waals surface area contributed by atoms with Crippen LogP contribution in [-0.2, 0) is 9.47 Å². The molecule has 2 fully saturated rings. The van der Waals surface area contributed by atoms with Crippen LogP contribution in [0.5, 0.6) is 5.75 Å². The zero-order valence-electron chi connectivity index (χ0n) is 17.2. The average Bonchev–Trinajstić information content (AvgIpc) is 3.16. The maximum absolute atomic E-state index is 12.4.